The van der Waals surface area contributed by atoms with Gasteiger partial charge in [-0.1, -0.05) is 19.3 Å². The Bertz CT molecular complexity index is 103. The molecule has 0 radical (unpaired) electrons. The highest BCUT2D eigenvalue weighted by Gasteiger charge is 1.96. The van der Waals surface area contributed by atoms with Crippen LogP contribution in [0.4, 0.5) is 0 Å². The third kappa shape index (κ3) is 5.24. The zero-order valence-corrected chi connectivity index (χ0v) is 7.83. The fraction of sp³-hybridized carbons (Fsp3) is 1.00. The van der Waals surface area contributed by atoms with Crippen molar-refractivity contribution < 1.29 is 5.11 Å². The number of nitrogens with zero attached hydrogens (tertiary/aromatic N) is 1. The van der Waals surface area contributed by atoms with Crippen molar-refractivity contribution in [3.63, 3.8) is 0 Å². The molecule has 2 nitrogen and oxygen atoms in total. The number of hydrogen-bond acceptors (Lipinski definition) is 2. The van der Waals surface area contributed by atoms with Gasteiger partial charge in [0.25, 0.3) is 0 Å². The molecule has 1 aliphatic heterocycles. The van der Waals surface area contributed by atoms with Gasteiger partial charge in [0.2, 0.25) is 0 Å². The molecule has 0 aromatic heterocycles. The third-order valence-corrected chi connectivity index (χ3v) is 2.63. The summed E-state index contributed by atoms with van der Waals surface area (Å²) in [5, 5.41) is 3.07. The fourth-order valence-corrected chi connectivity index (χ4v) is 1.82. The van der Waals surface area contributed by atoms with Crippen molar-refractivity contribution >= 4 is 11.9 Å². The third-order valence-electron chi connectivity index (χ3n) is 1.90. The van der Waals surface area contributed by atoms with E-state index in [4.69, 9.17) is 0 Å². The summed E-state index contributed by atoms with van der Waals surface area (Å²) in [6.07, 6.45) is 8.20. The molecule has 11 heavy (non-hydrogen) atoms. The smallest absolute Gasteiger partial charge is 0.130 e. The Hall–Kier alpha value is -0.0500. The van der Waals surface area contributed by atoms with Crippen molar-refractivity contribution in [1.29, 1.82) is 0 Å². The van der Waals surface area contributed by atoms with Crippen molar-refractivity contribution in [3.8, 4) is 0 Å². The molecule has 0 aromatic rings. The van der Waals surface area contributed by atoms with Crippen LogP contribution < -0.4 is 5.11 Å². The lowest BCUT2D eigenvalue weighted by molar-refractivity contribution is -0.522. The largest absolute Gasteiger partial charge is 0.166 e. The van der Waals surface area contributed by atoms with Gasteiger partial charge in [-0.2, -0.15) is 0 Å². The second kappa shape index (κ2) is 6.65. The first-order valence-corrected chi connectivity index (χ1v) is 5.49. The predicted molar refractivity (Wildman–Crippen MR) is 48.4 cm³/mol. The minimum Gasteiger partial charge on any atom is -0.130 e. The van der Waals surface area contributed by atoms with E-state index in [0.29, 0.717) is 0 Å². The van der Waals surface area contributed by atoms with Crippen molar-refractivity contribution in [2.75, 3.05) is 12.3 Å². The van der Waals surface area contributed by atoms with Crippen molar-refractivity contribution in [2.45, 2.75) is 38.5 Å². The monoisotopic (exact) mass is 173 g/mol. The predicted octanol–water partition coefficient (Wildman–Crippen LogP) is 1.52. The Labute approximate surface area is 73.0 Å². The van der Waals surface area contributed by atoms with Gasteiger partial charge in [-0.25, -0.2) is 0 Å². The molecule has 0 aromatic carbocycles. The Morgan fingerprint density at radius 3 is 2.55 bits per heavy atom. The zero-order valence-electron chi connectivity index (χ0n) is 7.01. The lowest BCUT2D eigenvalue weighted by Gasteiger charge is -1.95. The Balaban J connectivity index is 2.11. The number of nitrogens with one attached hydrogen (secondary N) is 1. The van der Waals surface area contributed by atoms with E-state index in [1.165, 1.54) is 44.3 Å². The van der Waals surface area contributed by atoms with Crippen LogP contribution in [-0.2, 0) is 0 Å². The van der Waals surface area contributed by atoms with E-state index in [-0.39, 0.29) is 0 Å². The number of rotatable bonds is 0. The van der Waals surface area contributed by atoms with Gasteiger partial charge in [-0.3, -0.25) is 0 Å². The van der Waals surface area contributed by atoms with Crippen LogP contribution in [0.25, 0.3) is 0 Å². The molecule has 0 saturated carbocycles. The van der Waals surface area contributed by atoms with Gasteiger partial charge in [0.15, 0.2) is 6.54 Å². The normalized spacial score (nSPS) is 22.5. The zero-order chi connectivity index (χ0) is 7.78. The van der Waals surface area contributed by atoms with E-state index in [1.54, 1.807) is 11.9 Å². The summed E-state index contributed by atoms with van der Waals surface area (Å²) < 4.78 is 4.14. The minimum absolute atomic E-state index is 1.06. The molecular weight excluding hydrogens is 156 g/mol. The van der Waals surface area contributed by atoms with E-state index in [2.05, 4.69) is 9.63 Å². The van der Waals surface area contributed by atoms with Crippen LogP contribution in [0.3, 0.4) is 0 Å². The first kappa shape index (κ1) is 9.04. The maximum atomic E-state index is 4.14. The average molecular weight is 173 g/mol. The van der Waals surface area contributed by atoms with Crippen LogP contribution in [-0.4, -0.2) is 12.3 Å². The highest BCUT2D eigenvalue weighted by Crippen LogP contribution is 2.09. The molecule has 0 saturated heterocycles. The summed E-state index contributed by atoms with van der Waals surface area (Å²) >= 11 is 1.67. The summed E-state index contributed by atoms with van der Waals surface area (Å²) in [4.78, 5) is 0. The average Bonchev–Trinajstić information content (AvgIpc) is 2.08. The highest BCUT2D eigenvalue weighted by molar-refractivity contribution is 7.97. The standard InChI is InChI=1S/C8H16N2S/c1-2-4-6-8-11-10-9-7-5-3-1/h1-8H2/p+1. The number of hydrogen-bond donors (Lipinski definition) is 1. The van der Waals surface area contributed by atoms with Crippen LogP contribution in [0.1, 0.15) is 38.5 Å². The van der Waals surface area contributed by atoms with E-state index >= 15 is 0 Å². The summed E-state index contributed by atoms with van der Waals surface area (Å²) in [5.41, 5.74) is 0. The lowest BCUT2D eigenvalue weighted by Crippen LogP contribution is -2.65. The maximum Gasteiger partial charge on any atom is 0.166 e. The molecule has 0 unspecified atom stereocenters. The SMILES string of the molecule is C1CCCCSN=[NH+]CCC1. The van der Waals surface area contributed by atoms with Gasteiger partial charge in [-0.15, -0.1) is 5.11 Å². The Morgan fingerprint density at radius 1 is 0.909 bits per heavy atom. The van der Waals surface area contributed by atoms with Crippen LogP contribution >= 0.6 is 11.9 Å². The Morgan fingerprint density at radius 2 is 1.64 bits per heavy atom. The van der Waals surface area contributed by atoms with E-state index in [0.717, 1.165) is 6.54 Å². The van der Waals surface area contributed by atoms with Crippen molar-refractivity contribution in [3.05, 3.63) is 0 Å². The molecule has 1 aliphatic rings. The second-order valence-corrected chi connectivity index (χ2v) is 3.80. The molecule has 0 amide bonds. The molecular formula is C8H17N2S+. The summed E-state index contributed by atoms with van der Waals surface area (Å²) in [5.74, 6) is 1.19. The van der Waals surface area contributed by atoms with Gasteiger partial charge < -0.3 is 0 Å². The van der Waals surface area contributed by atoms with Gasteiger partial charge in [-0.05, 0) is 12.8 Å². The molecule has 3 heteroatoms. The van der Waals surface area contributed by atoms with Gasteiger partial charge in [0.05, 0.1) is 0 Å². The fourth-order valence-electron chi connectivity index (χ4n) is 1.21. The summed E-state index contributed by atoms with van der Waals surface area (Å²) in [7, 11) is 0. The molecule has 0 bridgehead atoms. The molecule has 0 aliphatic carbocycles. The molecule has 0 atom stereocenters. The topological polar surface area (TPSA) is 26.3 Å². The second-order valence-electron chi connectivity index (χ2n) is 2.95. The van der Waals surface area contributed by atoms with Crippen molar-refractivity contribution in [2.24, 2.45) is 4.52 Å². The molecule has 0 fully saturated rings. The van der Waals surface area contributed by atoms with Crippen LogP contribution in [0.2, 0.25) is 0 Å². The molecule has 64 valence electrons. The Kier molecular flexibility index (Phi) is 5.46. The summed E-state index contributed by atoms with van der Waals surface area (Å²) in [6.45, 7) is 1.06. The van der Waals surface area contributed by atoms with Gasteiger partial charge in [0, 0.05) is 28.6 Å². The molecule has 1 N–H and O–H groups in total. The van der Waals surface area contributed by atoms with E-state index in [9.17, 15) is 0 Å². The van der Waals surface area contributed by atoms with Crippen molar-refractivity contribution in [1.82, 2.24) is 0 Å². The van der Waals surface area contributed by atoms with Gasteiger partial charge >= 0.3 is 0 Å². The lowest BCUT2D eigenvalue weighted by atomic mass is 10.1. The van der Waals surface area contributed by atoms with Gasteiger partial charge in [0.1, 0.15) is 0 Å². The molecule has 1 rings (SSSR count). The minimum atomic E-state index is 1.06. The quantitative estimate of drug-likeness (QED) is 0.552. The van der Waals surface area contributed by atoms with Crippen LogP contribution in [0.5, 0.6) is 0 Å². The molecule has 0 spiro atoms. The van der Waals surface area contributed by atoms with Crippen LogP contribution in [0, 0.1) is 0 Å². The maximum absolute atomic E-state index is 4.14. The molecule has 1 heterocycles. The van der Waals surface area contributed by atoms with E-state index in [1.807, 2.05) is 0 Å². The van der Waals surface area contributed by atoms with Crippen LogP contribution in [0.15, 0.2) is 4.52 Å². The first-order chi connectivity index (χ1) is 5.50. The first-order valence-electron chi connectivity index (χ1n) is 4.55. The van der Waals surface area contributed by atoms with E-state index < -0.39 is 0 Å². The summed E-state index contributed by atoms with van der Waals surface area (Å²) in [6, 6.07) is 0. The highest BCUT2D eigenvalue weighted by atomic mass is 32.2.